The molecule has 0 spiro atoms. The number of azo groups is 1. The van der Waals surface area contributed by atoms with E-state index < -0.39 is 40.9 Å². The first-order chi connectivity index (χ1) is 16.6. The van der Waals surface area contributed by atoms with Gasteiger partial charge in [-0.2, -0.15) is 5.10 Å². The number of benzene rings is 2. The topological polar surface area (TPSA) is 166 Å². The summed E-state index contributed by atoms with van der Waals surface area (Å²) < 4.78 is 56.0. The quantitative estimate of drug-likeness (QED) is 0.0615. The molecule has 0 unspecified atom stereocenters. The number of hydrogen-bond donors (Lipinski definition) is 4. The van der Waals surface area contributed by atoms with Crippen molar-refractivity contribution < 1.29 is 47.3 Å². The Morgan fingerprint density at radius 2 is 1.69 bits per heavy atom. The third-order valence-corrected chi connectivity index (χ3v) is 3.41. The number of oxime groups is 1. The summed E-state index contributed by atoms with van der Waals surface area (Å²) in [5.74, 6) is -5.76. The van der Waals surface area contributed by atoms with Crippen molar-refractivity contribution in [1.82, 2.24) is 0 Å². The number of carboxylic acids is 1. The van der Waals surface area contributed by atoms with Gasteiger partial charge in [-0.1, -0.05) is 5.16 Å². The van der Waals surface area contributed by atoms with Gasteiger partial charge in [0.05, 0.1) is 12.3 Å². The molecule has 0 radical (unpaired) electrons. The van der Waals surface area contributed by atoms with E-state index in [9.17, 15) is 27.2 Å². The van der Waals surface area contributed by atoms with Gasteiger partial charge in [-0.05, 0) is 31.2 Å². The van der Waals surface area contributed by atoms with E-state index in [-0.39, 0.29) is 30.0 Å². The molecular formula is C20H17F4N5O6. The molecule has 35 heavy (non-hydrogen) atoms. The normalized spacial score (nSPS) is 11.8. The number of hydrazone groups is 1. The SMILES string of the molecule is CCOC(=O)C(C=NO)=NNc1ccc(F)cc1F.O=C(O)C(=CO)N=Nc1ccc(F)cc1F. The molecule has 0 saturated heterocycles. The average molecular weight is 499 g/mol. The Morgan fingerprint density at radius 1 is 1.06 bits per heavy atom. The van der Waals surface area contributed by atoms with E-state index in [0.717, 1.165) is 30.5 Å². The molecule has 0 heterocycles. The second-order valence-corrected chi connectivity index (χ2v) is 5.81. The first kappa shape index (κ1) is 28.2. The Bertz CT molecular complexity index is 1170. The third-order valence-electron chi connectivity index (χ3n) is 3.41. The lowest BCUT2D eigenvalue weighted by atomic mass is 10.3. The average Bonchev–Trinajstić information content (AvgIpc) is 2.79. The molecule has 0 aliphatic rings. The molecule has 0 bridgehead atoms. The van der Waals surface area contributed by atoms with Crippen molar-refractivity contribution in [3.63, 3.8) is 0 Å². The van der Waals surface area contributed by atoms with Crippen LogP contribution in [-0.2, 0) is 14.3 Å². The number of carboxylic acid groups (broad SMARTS) is 1. The number of aliphatic carboxylic acids is 1. The number of rotatable bonds is 8. The molecule has 15 heteroatoms. The maximum absolute atomic E-state index is 13.3. The van der Waals surface area contributed by atoms with Crippen molar-refractivity contribution in [2.75, 3.05) is 12.0 Å². The first-order valence-electron chi connectivity index (χ1n) is 9.20. The van der Waals surface area contributed by atoms with Crippen LogP contribution >= 0.6 is 0 Å². The van der Waals surface area contributed by atoms with Crippen molar-refractivity contribution in [3.05, 3.63) is 71.6 Å². The molecule has 186 valence electrons. The highest BCUT2D eigenvalue weighted by molar-refractivity contribution is 6.59. The highest BCUT2D eigenvalue weighted by Gasteiger charge is 2.11. The van der Waals surface area contributed by atoms with Gasteiger partial charge in [-0.15, -0.1) is 10.2 Å². The molecule has 0 aliphatic carbocycles. The van der Waals surface area contributed by atoms with Gasteiger partial charge < -0.3 is 20.2 Å². The fourth-order valence-corrected chi connectivity index (χ4v) is 1.88. The zero-order valence-electron chi connectivity index (χ0n) is 17.7. The molecule has 11 nitrogen and oxygen atoms in total. The van der Waals surface area contributed by atoms with Crippen LogP contribution in [-0.4, -0.2) is 45.9 Å². The molecule has 0 aliphatic heterocycles. The van der Waals surface area contributed by atoms with Crippen LogP contribution in [0.1, 0.15) is 6.92 Å². The molecule has 2 aromatic carbocycles. The van der Waals surface area contributed by atoms with Crippen molar-refractivity contribution in [2.24, 2.45) is 20.5 Å². The first-order valence-corrected chi connectivity index (χ1v) is 9.20. The van der Waals surface area contributed by atoms with E-state index in [2.05, 4.69) is 30.6 Å². The Hall–Kier alpha value is -4.82. The summed E-state index contributed by atoms with van der Waals surface area (Å²) >= 11 is 0. The fraction of sp³-hybridized carbons (Fsp3) is 0.100. The third kappa shape index (κ3) is 9.68. The molecule has 0 aromatic heterocycles. The molecule has 2 rings (SSSR count). The maximum Gasteiger partial charge on any atom is 0.360 e. The maximum atomic E-state index is 13.3. The lowest BCUT2D eigenvalue weighted by molar-refractivity contribution is -0.135. The van der Waals surface area contributed by atoms with Crippen molar-refractivity contribution in [3.8, 4) is 0 Å². The molecule has 0 saturated carbocycles. The molecule has 0 amide bonds. The van der Waals surface area contributed by atoms with E-state index in [1.165, 1.54) is 0 Å². The number of nitrogens with zero attached hydrogens (tertiary/aromatic N) is 4. The van der Waals surface area contributed by atoms with Crippen LogP contribution in [0.2, 0.25) is 0 Å². The number of hydrogen-bond acceptors (Lipinski definition) is 10. The van der Waals surface area contributed by atoms with Crippen LogP contribution in [0.5, 0.6) is 0 Å². The number of ether oxygens (including phenoxy) is 1. The van der Waals surface area contributed by atoms with Crippen LogP contribution in [0.3, 0.4) is 0 Å². The molecule has 0 fully saturated rings. The van der Waals surface area contributed by atoms with Crippen LogP contribution in [0, 0.1) is 23.3 Å². The number of esters is 1. The van der Waals surface area contributed by atoms with Gasteiger partial charge in [0.15, 0.2) is 17.3 Å². The minimum absolute atomic E-state index is 0.0992. The Kier molecular flexibility index (Phi) is 11.6. The monoisotopic (exact) mass is 499 g/mol. The summed E-state index contributed by atoms with van der Waals surface area (Å²) in [6.07, 6.45) is 0.944. The van der Waals surface area contributed by atoms with Crippen molar-refractivity contribution >= 4 is 35.2 Å². The van der Waals surface area contributed by atoms with E-state index in [4.69, 9.17) is 15.4 Å². The van der Waals surface area contributed by atoms with Gasteiger partial charge in [0, 0.05) is 12.1 Å². The second kappa shape index (κ2) is 14.4. The van der Waals surface area contributed by atoms with E-state index in [0.29, 0.717) is 12.1 Å². The molecular weight excluding hydrogens is 482 g/mol. The molecule has 0 atom stereocenters. The van der Waals surface area contributed by atoms with Crippen LogP contribution in [0.15, 0.2) is 68.8 Å². The standard InChI is InChI=1S/C11H11F2N3O3.C9H6F2N2O3/c1-2-19-11(17)10(6-14-18)16-15-9-4-3-7(12)5-8(9)13;10-5-1-2-7(6(11)3-5)12-13-8(4-14)9(15)16/h3-6,15,18H,2H2,1H3;1-4,14H,(H,15,16). The largest absolute Gasteiger partial charge is 0.513 e. The number of aliphatic hydroxyl groups is 1. The lowest BCUT2D eigenvalue weighted by Crippen LogP contribution is -2.20. The van der Waals surface area contributed by atoms with Gasteiger partial charge in [0.2, 0.25) is 5.70 Å². The highest BCUT2D eigenvalue weighted by Crippen LogP contribution is 2.19. The minimum Gasteiger partial charge on any atom is -0.513 e. The Labute approximate surface area is 194 Å². The van der Waals surface area contributed by atoms with E-state index >= 15 is 0 Å². The lowest BCUT2D eigenvalue weighted by Gasteiger charge is -2.04. The molecule has 2 aromatic rings. The van der Waals surface area contributed by atoms with Gasteiger partial charge in [0.1, 0.15) is 29.8 Å². The number of nitrogens with one attached hydrogen (secondary N) is 1. The number of carbonyl (C=O) groups excluding carboxylic acids is 1. The second-order valence-electron chi connectivity index (χ2n) is 5.81. The smallest absolute Gasteiger partial charge is 0.360 e. The fourth-order valence-electron chi connectivity index (χ4n) is 1.88. The van der Waals surface area contributed by atoms with Gasteiger partial charge in [-0.25, -0.2) is 27.2 Å². The van der Waals surface area contributed by atoms with Gasteiger partial charge in [0.25, 0.3) is 0 Å². The summed E-state index contributed by atoms with van der Waals surface area (Å²) in [4.78, 5) is 21.7. The predicted molar refractivity (Wildman–Crippen MR) is 114 cm³/mol. The summed E-state index contributed by atoms with van der Waals surface area (Å²) in [5, 5.41) is 37.7. The van der Waals surface area contributed by atoms with Crippen LogP contribution < -0.4 is 5.43 Å². The van der Waals surface area contributed by atoms with Gasteiger partial charge in [-0.3, -0.25) is 5.43 Å². The van der Waals surface area contributed by atoms with Crippen LogP contribution in [0.4, 0.5) is 28.9 Å². The zero-order chi connectivity index (χ0) is 26.4. The van der Waals surface area contributed by atoms with E-state index in [1.54, 1.807) is 6.92 Å². The summed E-state index contributed by atoms with van der Waals surface area (Å²) in [7, 11) is 0. The van der Waals surface area contributed by atoms with Crippen molar-refractivity contribution in [1.29, 1.82) is 0 Å². The minimum atomic E-state index is -1.52. The number of carbonyl (C=O) groups is 2. The molecule has 4 N–H and O–H groups in total. The summed E-state index contributed by atoms with van der Waals surface area (Å²) in [6.45, 7) is 1.68. The summed E-state index contributed by atoms with van der Waals surface area (Å²) in [5.41, 5.74) is 0.604. The Morgan fingerprint density at radius 3 is 2.20 bits per heavy atom. The van der Waals surface area contributed by atoms with Crippen LogP contribution in [0.25, 0.3) is 0 Å². The summed E-state index contributed by atoms with van der Waals surface area (Å²) in [6, 6.07) is 5.29. The highest BCUT2D eigenvalue weighted by atomic mass is 19.1. The van der Waals surface area contributed by atoms with Crippen molar-refractivity contribution in [2.45, 2.75) is 6.92 Å². The van der Waals surface area contributed by atoms with E-state index in [1.807, 2.05) is 0 Å². The zero-order valence-corrected chi connectivity index (χ0v) is 17.7. The number of halogens is 4. The predicted octanol–water partition coefficient (Wildman–Crippen LogP) is 4.29. The number of aliphatic hydroxyl groups excluding tert-OH is 1. The number of anilines is 1. The Balaban J connectivity index is 0.000000355. The van der Waals surface area contributed by atoms with Gasteiger partial charge >= 0.3 is 11.9 Å².